The molecule has 1 heterocycles. The Morgan fingerprint density at radius 3 is 2.41 bits per heavy atom. The van der Waals surface area contributed by atoms with Crippen molar-refractivity contribution in [1.82, 2.24) is 4.90 Å². The Labute approximate surface area is 106 Å². The fourth-order valence-electron chi connectivity index (χ4n) is 3.67. The highest BCUT2D eigenvalue weighted by Gasteiger charge is 2.34. The van der Waals surface area contributed by atoms with E-state index in [0.29, 0.717) is 5.92 Å². The van der Waals surface area contributed by atoms with Crippen molar-refractivity contribution in [3.05, 3.63) is 0 Å². The molecule has 0 amide bonds. The zero-order valence-corrected chi connectivity index (χ0v) is 11.6. The van der Waals surface area contributed by atoms with Gasteiger partial charge in [0.1, 0.15) is 0 Å². The standard InChI is InChI=1S/C14H28N2O/c1-10-6-11(2)8-12(7-10)14(15)13-9-16(3)4-5-17-13/h10-14H,4-9,15H2,1-3H3. The quantitative estimate of drug-likeness (QED) is 0.798. The molecule has 2 fully saturated rings. The topological polar surface area (TPSA) is 38.5 Å². The van der Waals surface area contributed by atoms with Gasteiger partial charge in [0.15, 0.2) is 0 Å². The van der Waals surface area contributed by atoms with Gasteiger partial charge >= 0.3 is 0 Å². The Bertz CT molecular complexity index is 236. The van der Waals surface area contributed by atoms with Crippen LogP contribution in [0.1, 0.15) is 33.1 Å². The summed E-state index contributed by atoms with van der Waals surface area (Å²) < 4.78 is 5.87. The first-order valence-corrected chi connectivity index (χ1v) is 7.12. The molecule has 1 saturated heterocycles. The van der Waals surface area contributed by atoms with E-state index in [2.05, 4.69) is 25.8 Å². The lowest BCUT2D eigenvalue weighted by atomic mass is 9.73. The number of hydrogen-bond acceptors (Lipinski definition) is 3. The summed E-state index contributed by atoms with van der Waals surface area (Å²) >= 11 is 0. The van der Waals surface area contributed by atoms with Crippen LogP contribution < -0.4 is 5.73 Å². The van der Waals surface area contributed by atoms with Crippen LogP contribution in [-0.2, 0) is 4.74 Å². The van der Waals surface area contributed by atoms with Crippen molar-refractivity contribution < 1.29 is 4.74 Å². The molecule has 1 saturated carbocycles. The lowest BCUT2D eigenvalue weighted by Gasteiger charge is -2.40. The van der Waals surface area contributed by atoms with E-state index < -0.39 is 0 Å². The van der Waals surface area contributed by atoms with Crippen LogP contribution in [0.2, 0.25) is 0 Å². The molecule has 3 heteroatoms. The zero-order chi connectivity index (χ0) is 12.4. The molecule has 0 radical (unpaired) electrons. The molecular weight excluding hydrogens is 212 g/mol. The smallest absolute Gasteiger partial charge is 0.0855 e. The van der Waals surface area contributed by atoms with Gasteiger partial charge < -0.3 is 15.4 Å². The molecule has 0 aromatic heterocycles. The molecule has 3 nitrogen and oxygen atoms in total. The predicted octanol–water partition coefficient (Wildman–Crippen LogP) is 1.72. The maximum absolute atomic E-state index is 6.46. The maximum atomic E-state index is 6.46. The number of nitrogens with zero attached hydrogens (tertiary/aromatic N) is 1. The Balaban J connectivity index is 1.91. The molecule has 17 heavy (non-hydrogen) atoms. The van der Waals surface area contributed by atoms with Gasteiger partial charge in [-0.2, -0.15) is 0 Å². The summed E-state index contributed by atoms with van der Waals surface area (Å²) in [6.45, 7) is 7.61. The number of nitrogens with two attached hydrogens (primary N) is 1. The second kappa shape index (κ2) is 5.68. The van der Waals surface area contributed by atoms with Crippen LogP contribution in [0.4, 0.5) is 0 Å². The van der Waals surface area contributed by atoms with Gasteiger partial charge in [0, 0.05) is 19.1 Å². The molecule has 1 aliphatic heterocycles. The van der Waals surface area contributed by atoms with Crippen molar-refractivity contribution in [2.24, 2.45) is 23.5 Å². The van der Waals surface area contributed by atoms with Crippen LogP contribution >= 0.6 is 0 Å². The molecule has 2 aliphatic rings. The summed E-state index contributed by atoms with van der Waals surface area (Å²) in [5, 5.41) is 0. The van der Waals surface area contributed by atoms with Crippen molar-refractivity contribution in [1.29, 1.82) is 0 Å². The number of ether oxygens (including phenoxy) is 1. The van der Waals surface area contributed by atoms with E-state index in [4.69, 9.17) is 10.5 Å². The monoisotopic (exact) mass is 240 g/mol. The predicted molar refractivity (Wildman–Crippen MR) is 70.9 cm³/mol. The Morgan fingerprint density at radius 1 is 1.18 bits per heavy atom. The number of rotatable bonds is 2. The normalized spacial score (nSPS) is 42.4. The third-order valence-corrected chi connectivity index (χ3v) is 4.49. The highest BCUT2D eigenvalue weighted by atomic mass is 16.5. The first kappa shape index (κ1) is 13.3. The average Bonchev–Trinajstić information content (AvgIpc) is 2.26. The van der Waals surface area contributed by atoms with Crippen LogP contribution in [0.3, 0.4) is 0 Å². The molecule has 0 aromatic carbocycles. The van der Waals surface area contributed by atoms with Crippen molar-refractivity contribution in [3.63, 3.8) is 0 Å². The van der Waals surface area contributed by atoms with Crippen LogP contribution in [0.25, 0.3) is 0 Å². The molecule has 4 atom stereocenters. The highest BCUT2D eigenvalue weighted by molar-refractivity contribution is 4.89. The average molecular weight is 240 g/mol. The number of likely N-dealkylation sites (N-methyl/N-ethyl adjacent to an activating group) is 1. The molecular formula is C14H28N2O. The van der Waals surface area contributed by atoms with Crippen LogP contribution in [0.15, 0.2) is 0 Å². The van der Waals surface area contributed by atoms with Crippen molar-refractivity contribution in [2.75, 3.05) is 26.7 Å². The van der Waals surface area contributed by atoms with Crippen molar-refractivity contribution >= 4 is 0 Å². The fourth-order valence-corrected chi connectivity index (χ4v) is 3.67. The molecule has 2 N–H and O–H groups in total. The minimum absolute atomic E-state index is 0.225. The van der Waals surface area contributed by atoms with E-state index in [-0.39, 0.29) is 12.1 Å². The van der Waals surface area contributed by atoms with E-state index in [1.165, 1.54) is 19.3 Å². The Kier molecular flexibility index (Phi) is 4.45. The second-order valence-corrected chi connectivity index (χ2v) is 6.43. The first-order valence-electron chi connectivity index (χ1n) is 7.12. The fraction of sp³-hybridized carbons (Fsp3) is 1.00. The van der Waals surface area contributed by atoms with Gasteiger partial charge in [-0.05, 0) is 44.1 Å². The van der Waals surface area contributed by atoms with Gasteiger partial charge in [0.2, 0.25) is 0 Å². The van der Waals surface area contributed by atoms with Gasteiger partial charge in [-0.3, -0.25) is 0 Å². The van der Waals surface area contributed by atoms with Gasteiger partial charge in [0.25, 0.3) is 0 Å². The summed E-state index contributed by atoms with van der Waals surface area (Å²) in [6, 6.07) is 0.225. The van der Waals surface area contributed by atoms with Gasteiger partial charge in [-0.25, -0.2) is 0 Å². The molecule has 0 spiro atoms. The summed E-state index contributed by atoms with van der Waals surface area (Å²) in [5.41, 5.74) is 6.46. The third-order valence-electron chi connectivity index (χ3n) is 4.49. The lowest BCUT2D eigenvalue weighted by Crippen LogP contribution is -2.53. The van der Waals surface area contributed by atoms with E-state index >= 15 is 0 Å². The largest absolute Gasteiger partial charge is 0.374 e. The minimum Gasteiger partial charge on any atom is -0.374 e. The minimum atomic E-state index is 0.225. The van der Waals surface area contributed by atoms with Gasteiger partial charge in [0.05, 0.1) is 12.7 Å². The Hall–Kier alpha value is -0.120. The van der Waals surface area contributed by atoms with Crippen LogP contribution in [-0.4, -0.2) is 43.8 Å². The lowest BCUT2D eigenvalue weighted by molar-refractivity contribution is -0.0478. The Morgan fingerprint density at radius 2 is 1.82 bits per heavy atom. The second-order valence-electron chi connectivity index (χ2n) is 6.43. The van der Waals surface area contributed by atoms with E-state index in [1.54, 1.807) is 0 Å². The van der Waals surface area contributed by atoms with E-state index in [1.807, 2.05) is 0 Å². The molecule has 0 aromatic rings. The van der Waals surface area contributed by atoms with E-state index in [0.717, 1.165) is 31.5 Å². The van der Waals surface area contributed by atoms with Crippen LogP contribution in [0.5, 0.6) is 0 Å². The molecule has 1 aliphatic carbocycles. The zero-order valence-electron chi connectivity index (χ0n) is 11.6. The van der Waals surface area contributed by atoms with Gasteiger partial charge in [-0.1, -0.05) is 13.8 Å². The van der Waals surface area contributed by atoms with Crippen molar-refractivity contribution in [3.8, 4) is 0 Å². The molecule has 100 valence electrons. The third kappa shape index (κ3) is 3.43. The van der Waals surface area contributed by atoms with Crippen LogP contribution in [0, 0.1) is 17.8 Å². The van der Waals surface area contributed by atoms with Gasteiger partial charge in [-0.15, -0.1) is 0 Å². The maximum Gasteiger partial charge on any atom is 0.0855 e. The molecule has 4 unspecified atom stereocenters. The summed E-state index contributed by atoms with van der Waals surface area (Å²) in [6.07, 6.45) is 4.19. The summed E-state index contributed by atoms with van der Waals surface area (Å²) in [5.74, 6) is 2.32. The number of hydrogen-bond donors (Lipinski definition) is 1. The van der Waals surface area contributed by atoms with Crippen molar-refractivity contribution in [2.45, 2.75) is 45.3 Å². The SMILES string of the molecule is CC1CC(C)CC(C(N)C2CN(C)CCO2)C1. The van der Waals surface area contributed by atoms with E-state index in [9.17, 15) is 0 Å². The number of morpholine rings is 1. The molecule has 0 bridgehead atoms. The summed E-state index contributed by atoms with van der Waals surface area (Å²) in [7, 11) is 2.16. The highest BCUT2D eigenvalue weighted by Crippen LogP contribution is 2.35. The molecule has 2 rings (SSSR count). The summed E-state index contributed by atoms with van der Waals surface area (Å²) in [4.78, 5) is 2.34. The first-order chi connectivity index (χ1) is 8.06.